The fourth-order valence-corrected chi connectivity index (χ4v) is 1.40. The molecule has 2 unspecified atom stereocenters. The summed E-state index contributed by atoms with van der Waals surface area (Å²) in [6.07, 6.45) is 0.889. The first-order valence-corrected chi connectivity index (χ1v) is 5.36. The number of nitrogens with two attached hydrogens (primary N) is 1. The van der Waals surface area contributed by atoms with Crippen molar-refractivity contribution in [1.82, 2.24) is 0 Å². The van der Waals surface area contributed by atoms with E-state index < -0.39 is 0 Å². The number of rotatable bonds is 7. The number of hydrogen-bond donors (Lipinski definition) is 1. The zero-order valence-electron chi connectivity index (χ0n) is 9.31. The number of methoxy groups -OCH3 is 1. The first-order chi connectivity index (χ1) is 7.34. The van der Waals surface area contributed by atoms with Gasteiger partial charge in [-0.3, -0.25) is 0 Å². The lowest BCUT2D eigenvalue weighted by Crippen LogP contribution is -2.45. The van der Waals surface area contributed by atoms with Crippen LogP contribution in [-0.4, -0.2) is 58.9 Å². The molecule has 1 rings (SSSR count). The number of hydrogen-bond acceptors (Lipinski definition) is 5. The van der Waals surface area contributed by atoms with Crippen LogP contribution < -0.4 is 5.73 Å². The van der Waals surface area contributed by atoms with Gasteiger partial charge in [0.05, 0.1) is 39.1 Å². The maximum Gasteiger partial charge on any atom is 0.0960 e. The lowest BCUT2D eigenvalue weighted by atomic mass is 10.1. The second kappa shape index (κ2) is 8.01. The predicted molar refractivity (Wildman–Crippen MR) is 55.8 cm³/mol. The average Bonchev–Trinajstić information content (AvgIpc) is 2.25. The molecule has 1 aliphatic heterocycles. The highest BCUT2D eigenvalue weighted by atomic mass is 16.6. The van der Waals surface area contributed by atoms with E-state index in [1.807, 2.05) is 0 Å². The third-order valence-electron chi connectivity index (χ3n) is 2.35. The van der Waals surface area contributed by atoms with Crippen molar-refractivity contribution in [3.63, 3.8) is 0 Å². The SMILES string of the molecule is COCCOCCOC1COCCC1N. The predicted octanol–water partition coefficient (Wildman–Crippen LogP) is -0.218. The third-order valence-corrected chi connectivity index (χ3v) is 2.35. The molecule has 0 spiro atoms. The van der Waals surface area contributed by atoms with Crippen LogP contribution in [-0.2, 0) is 18.9 Å². The molecule has 0 aromatic carbocycles. The Kier molecular flexibility index (Phi) is 6.87. The van der Waals surface area contributed by atoms with Crippen molar-refractivity contribution >= 4 is 0 Å². The quantitative estimate of drug-likeness (QED) is 0.600. The zero-order chi connectivity index (χ0) is 10.9. The van der Waals surface area contributed by atoms with Crippen molar-refractivity contribution < 1.29 is 18.9 Å². The van der Waals surface area contributed by atoms with E-state index in [-0.39, 0.29) is 12.1 Å². The van der Waals surface area contributed by atoms with Crippen LogP contribution in [0.5, 0.6) is 0 Å². The van der Waals surface area contributed by atoms with Crippen molar-refractivity contribution in [2.45, 2.75) is 18.6 Å². The maximum absolute atomic E-state index is 5.88. The molecule has 0 radical (unpaired) electrons. The van der Waals surface area contributed by atoms with E-state index in [2.05, 4.69) is 0 Å². The highest BCUT2D eigenvalue weighted by Crippen LogP contribution is 2.08. The summed E-state index contributed by atoms with van der Waals surface area (Å²) in [5, 5.41) is 0. The first-order valence-electron chi connectivity index (χ1n) is 5.36. The maximum atomic E-state index is 5.88. The molecule has 0 bridgehead atoms. The standard InChI is InChI=1S/C10H21NO4/c1-12-4-5-13-6-7-15-10-8-14-3-2-9(10)11/h9-10H,2-8,11H2,1H3. The molecule has 0 saturated carbocycles. The van der Waals surface area contributed by atoms with Gasteiger partial charge in [-0.25, -0.2) is 0 Å². The Morgan fingerprint density at radius 3 is 2.80 bits per heavy atom. The van der Waals surface area contributed by atoms with Crippen LogP contribution in [0.15, 0.2) is 0 Å². The second-order valence-electron chi connectivity index (χ2n) is 3.54. The molecule has 1 fully saturated rings. The molecule has 0 aliphatic carbocycles. The Morgan fingerprint density at radius 2 is 2.07 bits per heavy atom. The lowest BCUT2D eigenvalue weighted by molar-refractivity contribution is -0.0762. The average molecular weight is 219 g/mol. The topological polar surface area (TPSA) is 62.9 Å². The van der Waals surface area contributed by atoms with Crippen LogP contribution in [0.2, 0.25) is 0 Å². The molecule has 5 nitrogen and oxygen atoms in total. The Morgan fingerprint density at radius 1 is 1.27 bits per heavy atom. The van der Waals surface area contributed by atoms with Crippen LogP contribution in [0.4, 0.5) is 0 Å². The Labute approximate surface area is 90.8 Å². The summed E-state index contributed by atoms with van der Waals surface area (Å²) in [6.45, 7) is 3.70. The van der Waals surface area contributed by atoms with Gasteiger partial charge in [0.15, 0.2) is 0 Å². The molecular formula is C10H21NO4. The molecule has 0 amide bonds. The van der Waals surface area contributed by atoms with E-state index >= 15 is 0 Å². The van der Waals surface area contributed by atoms with Gasteiger partial charge in [-0.2, -0.15) is 0 Å². The fourth-order valence-electron chi connectivity index (χ4n) is 1.40. The van der Waals surface area contributed by atoms with Crippen LogP contribution >= 0.6 is 0 Å². The Balaban J connectivity index is 1.94. The summed E-state index contributed by atoms with van der Waals surface area (Å²) in [4.78, 5) is 0. The van der Waals surface area contributed by atoms with Crippen molar-refractivity contribution in [2.24, 2.45) is 5.73 Å². The van der Waals surface area contributed by atoms with Gasteiger partial charge in [0.2, 0.25) is 0 Å². The van der Waals surface area contributed by atoms with Gasteiger partial charge in [-0.1, -0.05) is 0 Å². The molecule has 90 valence electrons. The van der Waals surface area contributed by atoms with Crippen molar-refractivity contribution in [1.29, 1.82) is 0 Å². The third kappa shape index (κ3) is 5.44. The van der Waals surface area contributed by atoms with Crippen molar-refractivity contribution in [3.8, 4) is 0 Å². The lowest BCUT2D eigenvalue weighted by Gasteiger charge is -2.28. The van der Waals surface area contributed by atoms with E-state index in [1.165, 1.54) is 0 Å². The largest absolute Gasteiger partial charge is 0.382 e. The molecule has 2 atom stereocenters. The van der Waals surface area contributed by atoms with Crippen molar-refractivity contribution in [2.75, 3.05) is 46.8 Å². The van der Waals surface area contributed by atoms with Crippen LogP contribution in [0.3, 0.4) is 0 Å². The Hall–Kier alpha value is -0.200. The van der Waals surface area contributed by atoms with E-state index in [4.69, 9.17) is 24.7 Å². The van der Waals surface area contributed by atoms with Crippen molar-refractivity contribution in [3.05, 3.63) is 0 Å². The second-order valence-corrected chi connectivity index (χ2v) is 3.54. The van der Waals surface area contributed by atoms with Crippen LogP contribution in [0, 0.1) is 0 Å². The molecule has 5 heteroatoms. The highest BCUT2D eigenvalue weighted by molar-refractivity contribution is 4.76. The molecule has 15 heavy (non-hydrogen) atoms. The van der Waals surface area contributed by atoms with E-state index in [9.17, 15) is 0 Å². The highest BCUT2D eigenvalue weighted by Gasteiger charge is 2.22. The normalized spacial score (nSPS) is 26.8. The molecule has 0 aromatic heterocycles. The Bertz CT molecular complexity index is 156. The first kappa shape index (κ1) is 12.9. The molecule has 1 heterocycles. The fraction of sp³-hybridized carbons (Fsp3) is 1.00. The van der Waals surface area contributed by atoms with E-state index in [0.717, 1.165) is 13.0 Å². The summed E-state index contributed by atoms with van der Waals surface area (Å²) >= 11 is 0. The van der Waals surface area contributed by atoms with E-state index in [0.29, 0.717) is 33.0 Å². The van der Waals surface area contributed by atoms with Gasteiger partial charge < -0.3 is 24.7 Å². The van der Waals surface area contributed by atoms with Gasteiger partial charge in [0.25, 0.3) is 0 Å². The minimum Gasteiger partial charge on any atom is -0.382 e. The summed E-state index contributed by atoms with van der Waals surface area (Å²) in [6, 6.07) is 0.0951. The summed E-state index contributed by atoms with van der Waals surface area (Å²) in [5.41, 5.74) is 5.88. The zero-order valence-corrected chi connectivity index (χ0v) is 9.31. The summed E-state index contributed by atoms with van der Waals surface area (Å²) < 4.78 is 21.0. The summed E-state index contributed by atoms with van der Waals surface area (Å²) in [7, 11) is 1.65. The minimum absolute atomic E-state index is 0.0183. The van der Waals surface area contributed by atoms with Crippen LogP contribution in [0.25, 0.3) is 0 Å². The monoisotopic (exact) mass is 219 g/mol. The molecule has 1 saturated heterocycles. The molecule has 1 aliphatic rings. The van der Waals surface area contributed by atoms with Crippen LogP contribution in [0.1, 0.15) is 6.42 Å². The van der Waals surface area contributed by atoms with Gasteiger partial charge in [-0.05, 0) is 6.42 Å². The minimum atomic E-state index is 0.0183. The number of ether oxygens (including phenoxy) is 4. The van der Waals surface area contributed by atoms with Gasteiger partial charge >= 0.3 is 0 Å². The van der Waals surface area contributed by atoms with Gasteiger partial charge in [-0.15, -0.1) is 0 Å². The molecule has 0 aromatic rings. The summed E-state index contributed by atoms with van der Waals surface area (Å²) in [5.74, 6) is 0. The molecular weight excluding hydrogens is 198 g/mol. The van der Waals surface area contributed by atoms with Gasteiger partial charge in [0, 0.05) is 19.8 Å². The van der Waals surface area contributed by atoms with E-state index in [1.54, 1.807) is 7.11 Å². The smallest absolute Gasteiger partial charge is 0.0960 e. The molecule has 2 N–H and O–H groups in total. The van der Waals surface area contributed by atoms with Gasteiger partial charge in [0.1, 0.15) is 0 Å².